The number of amides is 1. The van der Waals surface area contributed by atoms with E-state index < -0.39 is 0 Å². The van der Waals surface area contributed by atoms with Crippen molar-refractivity contribution < 1.29 is 4.79 Å². The zero-order valence-electron chi connectivity index (χ0n) is 13.3. The van der Waals surface area contributed by atoms with E-state index in [0.29, 0.717) is 13.0 Å². The summed E-state index contributed by atoms with van der Waals surface area (Å²) in [5.74, 6) is 0.168. The van der Waals surface area contributed by atoms with Crippen LogP contribution in [0.1, 0.15) is 34.4 Å². The Hall–Kier alpha value is -1.73. The Morgan fingerprint density at radius 1 is 1.41 bits per heavy atom. The Bertz CT molecular complexity index is 692. The minimum atomic E-state index is 0.0299. The second-order valence-electron chi connectivity index (χ2n) is 5.83. The maximum Gasteiger partial charge on any atom is 0.224 e. The molecule has 0 spiro atoms. The van der Waals surface area contributed by atoms with Crippen LogP contribution in [0.2, 0.25) is 0 Å². The highest BCUT2D eigenvalue weighted by atomic mass is 32.1. The van der Waals surface area contributed by atoms with Crippen molar-refractivity contribution in [3.63, 3.8) is 0 Å². The topological polar surface area (TPSA) is 63.1 Å². The van der Waals surface area contributed by atoms with Gasteiger partial charge in [-0.2, -0.15) is 5.10 Å². The SMILES string of the molecule is Cc1csc(CN[C@@H]2CC(=O)N(C)[C@H]2c2cnn(C)c2C)n1. The van der Waals surface area contributed by atoms with Crippen molar-refractivity contribution in [1.29, 1.82) is 0 Å². The average Bonchev–Trinajstić information content (AvgIpc) is 3.11. The van der Waals surface area contributed by atoms with E-state index >= 15 is 0 Å². The molecule has 3 rings (SSSR count). The number of nitrogens with one attached hydrogen (secondary N) is 1. The van der Waals surface area contributed by atoms with Gasteiger partial charge in [0.15, 0.2) is 0 Å². The lowest BCUT2D eigenvalue weighted by molar-refractivity contribution is -0.127. The molecule has 2 aromatic rings. The Kier molecular flexibility index (Phi) is 4.01. The molecule has 0 bridgehead atoms. The molecular formula is C15H21N5OS. The number of rotatable bonds is 4. The standard InChI is InChI=1S/C15H21N5OS/c1-9-8-22-13(18-9)7-16-12-5-14(21)19(3)15(12)11-6-17-20(4)10(11)2/h6,8,12,15-16H,5,7H2,1-4H3/t12-,15+/m1/s1. The van der Waals surface area contributed by atoms with E-state index in [1.54, 1.807) is 11.3 Å². The van der Waals surface area contributed by atoms with E-state index in [1.165, 1.54) is 0 Å². The molecule has 2 atom stereocenters. The molecule has 1 N–H and O–H groups in total. The third kappa shape index (κ3) is 2.66. The van der Waals surface area contributed by atoms with Crippen molar-refractivity contribution in [3.8, 4) is 0 Å². The number of likely N-dealkylation sites (N-methyl/N-ethyl adjacent to an activating group) is 1. The van der Waals surface area contributed by atoms with Crippen LogP contribution in [0.5, 0.6) is 0 Å². The van der Waals surface area contributed by atoms with Crippen LogP contribution in [-0.2, 0) is 18.4 Å². The number of hydrogen-bond acceptors (Lipinski definition) is 5. The molecule has 118 valence electrons. The van der Waals surface area contributed by atoms with Gasteiger partial charge in [-0.3, -0.25) is 9.48 Å². The lowest BCUT2D eigenvalue weighted by Crippen LogP contribution is -2.35. The van der Waals surface area contributed by atoms with Crippen LogP contribution in [0.25, 0.3) is 0 Å². The number of nitrogens with zero attached hydrogens (tertiary/aromatic N) is 4. The summed E-state index contributed by atoms with van der Waals surface area (Å²) in [4.78, 5) is 18.4. The number of carbonyl (C=O) groups excluding carboxylic acids is 1. The van der Waals surface area contributed by atoms with Gasteiger partial charge < -0.3 is 10.2 Å². The van der Waals surface area contributed by atoms with E-state index in [1.807, 2.05) is 49.1 Å². The van der Waals surface area contributed by atoms with Crippen LogP contribution in [0.4, 0.5) is 0 Å². The Labute approximate surface area is 134 Å². The molecule has 0 saturated carbocycles. The minimum Gasteiger partial charge on any atom is -0.337 e. The molecule has 6 nitrogen and oxygen atoms in total. The number of hydrogen-bond donors (Lipinski definition) is 1. The molecule has 1 saturated heterocycles. The first kappa shape index (κ1) is 15.2. The molecule has 22 heavy (non-hydrogen) atoms. The van der Waals surface area contributed by atoms with Gasteiger partial charge >= 0.3 is 0 Å². The van der Waals surface area contributed by atoms with E-state index in [9.17, 15) is 4.79 Å². The van der Waals surface area contributed by atoms with Gasteiger partial charge in [-0.25, -0.2) is 4.98 Å². The van der Waals surface area contributed by atoms with Gasteiger partial charge in [-0.1, -0.05) is 0 Å². The molecule has 7 heteroatoms. The van der Waals surface area contributed by atoms with Crippen LogP contribution in [0, 0.1) is 13.8 Å². The van der Waals surface area contributed by atoms with Crippen molar-refractivity contribution in [3.05, 3.63) is 33.5 Å². The van der Waals surface area contributed by atoms with Crippen LogP contribution in [0.3, 0.4) is 0 Å². The van der Waals surface area contributed by atoms with Gasteiger partial charge in [0.05, 0.1) is 12.2 Å². The molecule has 0 unspecified atom stereocenters. The molecule has 1 amide bonds. The second kappa shape index (κ2) is 5.81. The fraction of sp³-hybridized carbons (Fsp3) is 0.533. The first-order valence-electron chi connectivity index (χ1n) is 7.36. The van der Waals surface area contributed by atoms with Crippen LogP contribution in [-0.4, -0.2) is 38.7 Å². The number of carbonyl (C=O) groups is 1. The molecular weight excluding hydrogens is 298 g/mol. The number of aryl methyl sites for hydroxylation is 2. The van der Waals surface area contributed by atoms with Gasteiger partial charge in [0.2, 0.25) is 5.91 Å². The maximum atomic E-state index is 12.1. The van der Waals surface area contributed by atoms with Crippen molar-refractivity contribution >= 4 is 17.2 Å². The molecule has 0 radical (unpaired) electrons. The lowest BCUT2D eigenvalue weighted by Gasteiger charge is -2.25. The maximum absolute atomic E-state index is 12.1. The highest BCUT2D eigenvalue weighted by molar-refractivity contribution is 7.09. The van der Waals surface area contributed by atoms with Crippen molar-refractivity contribution in [2.75, 3.05) is 7.05 Å². The Balaban J connectivity index is 1.79. The summed E-state index contributed by atoms with van der Waals surface area (Å²) in [5.41, 5.74) is 3.26. The average molecular weight is 319 g/mol. The van der Waals surface area contributed by atoms with Crippen molar-refractivity contribution in [2.24, 2.45) is 7.05 Å². The van der Waals surface area contributed by atoms with Gasteiger partial charge in [0, 0.05) is 55.4 Å². The summed E-state index contributed by atoms with van der Waals surface area (Å²) in [6.45, 7) is 4.73. The normalized spacial score (nSPS) is 21.8. The number of thiazole rings is 1. The fourth-order valence-electron chi connectivity index (χ4n) is 2.99. The molecule has 0 aliphatic carbocycles. The van der Waals surface area contributed by atoms with Gasteiger partial charge in [0.25, 0.3) is 0 Å². The van der Waals surface area contributed by atoms with E-state index in [0.717, 1.165) is 22.0 Å². The van der Waals surface area contributed by atoms with Crippen molar-refractivity contribution in [1.82, 2.24) is 25.0 Å². The van der Waals surface area contributed by atoms with E-state index in [4.69, 9.17) is 0 Å². The Morgan fingerprint density at radius 3 is 2.77 bits per heavy atom. The second-order valence-corrected chi connectivity index (χ2v) is 6.78. The van der Waals surface area contributed by atoms with E-state index in [2.05, 4.69) is 15.4 Å². The molecule has 0 aromatic carbocycles. The zero-order valence-corrected chi connectivity index (χ0v) is 14.1. The predicted octanol–water partition coefficient (Wildman–Crippen LogP) is 1.56. The third-order valence-electron chi connectivity index (χ3n) is 4.36. The van der Waals surface area contributed by atoms with Gasteiger partial charge in [-0.15, -0.1) is 11.3 Å². The number of likely N-dealkylation sites (tertiary alicyclic amines) is 1. The third-order valence-corrected chi connectivity index (χ3v) is 5.33. The monoisotopic (exact) mass is 319 g/mol. The predicted molar refractivity (Wildman–Crippen MR) is 85.6 cm³/mol. The first-order chi connectivity index (χ1) is 10.5. The van der Waals surface area contributed by atoms with E-state index in [-0.39, 0.29) is 18.0 Å². The van der Waals surface area contributed by atoms with Crippen LogP contribution < -0.4 is 5.32 Å². The summed E-state index contributed by atoms with van der Waals surface area (Å²) < 4.78 is 1.85. The molecule has 1 fully saturated rings. The lowest BCUT2D eigenvalue weighted by atomic mass is 10.0. The first-order valence-corrected chi connectivity index (χ1v) is 8.24. The zero-order chi connectivity index (χ0) is 15.9. The largest absolute Gasteiger partial charge is 0.337 e. The van der Waals surface area contributed by atoms with Crippen molar-refractivity contribution in [2.45, 2.75) is 38.9 Å². The minimum absolute atomic E-state index is 0.0299. The summed E-state index contributed by atoms with van der Waals surface area (Å²) in [6, 6.07) is 0.117. The quantitative estimate of drug-likeness (QED) is 0.929. The Morgan fingerprint density at radius 2 is 2.18 bits per heavy atom. The highest BCUT2D eigenvalue weighted by Gasteiger charge is 2.39. The highest BCUT2D eigenvalue weighted by Crippen LogP contribution is 2.33. The summed E-state index contributed by atoms with van der Waals surface area (Å²) in [7, 11) is 3.80. The number of aromatic nitrogens is 3. The summed E-state index contributed by atoms with van der Waals surface area (Å²) in [5, 5.41) is 10.9. The molecule has 1 aliphatic heterocycles. The summed E-state index contributed by atoms with van der Waals surface area (Å²) >= 11 is 1.65. The molecule has 2 aromatic heterocycles. The van der Waals surface area contributed by atoms with Crippen LogP contribution in [0.15, 0.2) is 11.6 Å². The van der Waals surface area contributed by atoms with Crippen LogP contribution >= 0.6 is 11.3 Å². The summed E-state index contributed by atoms with van der Waals surface area (Å²) in [6.07, 6.45) is 2.39. The molecule has 1 aliphatic rings. The fourth-order valence-corrected chi connectivity index (χ4v) is 3.71. The smallest absolute Gasteiger partial charge is 0.224 e. The van der Waals surface area contributed by atoms with Gasteiger partial charge in [0.1, 0.15) is 5.01 Å². The van der Waals surface area contributed by atoms with Gasteiger partial charge in [-0.05, 0) is 13.8 Å². The molecule has 3 heterocycles.